The number of thiophene rings is 1. The first-order valence-electron chi connectivity index (χ1n) is 7.71. The van der Waals surface area contributed by atoms with Crippen molar-refractivity contribution in [3.8, 4) is 10.6 Å². The molecule has 0 fully saturated rings. The minimum absolute atomic E-state index is 0. The Morgan fingerprint density at radius 3 is 2.68 bits per heavy atom. The number of amides is 2. The lowest BCUT2D eigenvalue weighted by atomic mass is 10.2. The molecule has 0 bridgehead atoms. The number of hydrogen-bond donors (Lipinski definition) is 3. The van der Waals surface area contributed by atoms with Gasteiger partial charge in [0.05, 0.1) is 17.1 Å². The van der Waals surface area contributed by atoms with E-state index in [0.717, 1.165) is 20.3 Å². The van der Waals surface area contributed by atoms with E-state index in [9.17, 15) is 9.59 Å². The van der Waals surface area contributed by atoms with E-state index in [1.54, 1.807) is 11.3 Å². The molecule has 1 unspecified atom stereocenters. The van der Waals surface area contributed by atoms with Gasteiger partial charge in [-0.3, -0.25) is 9.59 Å². The summed E-state index contributed by atoms with van der Waals surface area (Å²) in [5.41, 5.74) is 6.54. The highest BCUT2D eigenvalue weighted by molar-refractivity contribution is 7.18. The molecule has 0 aliphatic heterocycles. The molecule has 0 aliphatic rings. The summed E-state index contributed by atoms with van der Waals surface area (Å²) in [5.74, 6) is -0.114. The Labute approximate surface area is 161 Å². The zero-order valence-electron chi connectivity index (χ0n) is 14.4. The summed E-state index contributed by atoms with van der Waals surface area (Å²) in [7, 11) is 0. The first-order chi connectivity index (χ1) is 11.3. The van der Waals surface area contributed by atoms with Crippen LogP contribution in [0, 0.1) is 6.92 Å². The van der Waals surface area contributed by atoms with E-state index in [0.29, 0.717) is 24.5 Å². The van der Waals surface area contributed by atoms with Gasteiger partial charge in [0.15, 0.2) is 5.13 Å². The summed E-state index contributed by atoms with van der Waals surface area (Å²) in [5, 5.41) is 6.22. The van der Waals surface area contributed by atoms with Crippen LogP contribution in [0.2, 0.25) is 0 Å². The number of aryl methyl sites for hydroxylation is 1. The molecule has 4 N–H and O–H groups in total. The van der Waals surface area contributed by atoms with Gasteiger partial charge in [-0.05, 0) is 32.4 Å². The summed E-state index contributed by atoms with van der Waals surface area (Å²) >= 11 is 3.05. The molecular weight excluding hydrogens is 380 g/mol. The van der Waals surface area contributed by atoms with E-state index < -0.39 is 0 Å². The van der Waals surface area contributed by atoms with Gasteiger partial charge in [-0.25, -0.2) is 4.98 Å². The predicted octanol–water partition coefficient (Wildman–Crippen LogP) is 3.30. The summed E-state index contributed by atoms with van der Waals surface area (Å²) in [6.45, 7) is 5.88. The summed E-state index contributed by atoms with van der Waals surface area (Å²) in [6.07, 6.45) is 1.05. The standard InChI is InChI=1S/C16H22N4O2S2.ClH/c1-9(17)4-7-14(22)19-16-20-15(10(2)23-16)13-6-5-12(24-13)8-18-11(3)21;/h5-6,9H,4,7-8,17H2,1-3H3,(H,18,21)(H,19,20,22);1H. The molecule has 2 amide bonds. The van der Waals surface area contributed by atoms with Crippen molar-refractivity contribution in [2.45, 2.75) is 46.2 Å². The molecule has 2 heterocycles. The largest absolute Gasteiger partial charge is 0.351 e. The van der Waals surface area contributed by atoms with Crippen molar-refractivity contribution < 1.29 is 9.59 Å². The highest BCUT2D eigenvalue weighted by Gasteiger charge is 2.14. The molecule has 0 aromatic carbocycles. The second kappa shape index (κ2) is 9.86. The Morgan fingerprint density at radius 1 is 1.32 bits per heavy atom. The molecule has 138 valence electrons. The van der Waals surface area contributed by atoms with Crippen LogP contribution < -0.4 is 16.4 Å². The van der Waals surface area contributed by atoms with Crippen LogP contribution in [0.15, 0.2) is 12.1 Å². The van der Waals surface area contributed by atoms with E-state index in [4.69, 9.17) is 5.73 Å². The fourth-order valence-corrected chi connectivity index (χ4v) is 3.93. The minimum Gasteiger partial charge on any atom is -0.351 e. The fraction of sp³-hybridized carbons (Fsp3) is 0.438. The average Bonchev–Trinajstić information content (AvgIpc) is 3.09. The van der Waals surface area contributed by atoms with Gasteiger partial charge in [-0.1, -0.05) is 0 Å². The van der Waals surface area contributed by atoms with Crippen molar-refractivity contribution in [2.24, 2.45) is 5.73 Å². The average molecular weight is 403 g/mol. The maximum atomic E-state index is 11.9. The Bertz CT molecular complexity index is 728. The first kappa shape index (κ1) is 21.6. The van der Waals surface area contributed by atoms with Crippen molar-refractivity contribution in [3.63, 3.8) is 0 Å². The second-order valence-corrected chi connectivity index (χ2v) is 8.04. The monoisotopic (exact) mass is 402 g/mol. The number of carbonyl (C=O) groups is 2. The molecule has 0 aliphatic carbocycles. The number of halogens is 1. The van der Waals surface area contributed by atoms with Crippen LogP contribution in [0.5, 0.6) is 0 Å². The maximum absolute atomic E-state index is 11.9. The van der Waals surface area contributed by atoms with Crippen molar-refractivity contribution in [1.82, 2.24) is 10.3 Å². The number of thiazole rings is 1. The molecule has 0 spiro atoms. The maximum Gasteiger partial charge on any atom is 0.226 e. The second-order valence-electron chi connectivity index (χ2n) is 5.66. The van der Waals surface area contributed by atoms with Crippen LogP contribution in [0.25, 0.3) is 10.6 Å². The number of hydrogen-bond acceptors (Lipinski definition) is 6. The summed E-state index contributed by atoms with van der Waals surface area (Å²) in [6, 6.07) is 3.98. The molecular formula is C16H23ClN4O2S2. The lowest BCUT2D eigenvalue weighted by Crippen LogP contribution is -2.19. The van der Waals surface area contributed by atoms with Crippen LogP contribution in [-0.4, -0.2) is 22.8 Å². The van der Waals surface area contributed by atoms with Gasteiger partial charge < -0.3 is 16.4 Å². The minimum atomic E-state index is -0.0647. The van der Waals surface area contributed by atoms with Crippen molar-refractivity contribution in [2.75, 3.05) is 5.32 Å². The number of nitrogens with zero attached hydrogens (tertiary/aromatic N) is 1. The van der Waals surface area contributed by atoms with E-state index in [-0.39, 0.29) is 30.3 Å². The molecule has 2 aromatic rings. The van der Waals surface area contributed by atoms with Crippen LogP contribution in [-0.2, 0) is 16.1 Å². The van der Waals surface area contributed by atoms with Crippen molar-refractivity contribution >= 4 is 52.0 Å². The zero-order chi connectivity index (χ0) is 17.7. The van der Waals surface area contributed by atoms with Gasteiger partial charge in [0, 0.05) is 29.1 Å². The molecule has 2 rings (SSSR count). The smallest absolute Gasteiger partial charge is 0.226 e. The molecule has 25 heavy (non-hydrogen) atoms. The number of carbonyl (C=O) groups excluding carboxylic acids is 2. The van der Waals surface area contributed by atoms with Crippen LogP contribution >= 0.6 is 35.1 Å². The van der Waals surface area contributed by atoms with Gasteiger partial charge in [-0.15, -0.1) is 35.1 Å². The summed E-state index contributed by atoms with van der Waals surface area (Å²) in [4.78, 5) is 30.5. The molecule has 0 radical (unpaired) electrons. The number of rotatable bonds is 7. The van der Waals surface area contributed by atoms with E-state index >= 15 is 0 Å². The van der Waals surface area contributed by atoms with E-state index in [1.807, 2.05) is 26.0 Å². The van der Waals surface area contributed by atoms with Crippen LogP contribution in [0.4, 0.5) is 5.13 Å². The predicted molar refractivity (Wildman–Crippen MR) is 106 cm³/mol. The van der Waals surface area contributed by atoms with Gasteiger partial charge >= 0.3 is 0 Å². The Morgan fingerprint density at radius 2 is 2.04 bits per heavy atom. The third-order valence-corrected chi connectivity index (χ3v) is 5.25. The van der Waals surface area contributed by atoms with Gasteiger partial charge in [0.1, 0.15) is 0 Å². The lowest BCUT2D eigenvalue weighted by Gasteiger charge is -2.04. The normalized spacial score (nSPS) is 11.5. The molecule has 2 aromatic heterocycles. The number of anilines is 1. The lowest BCUT2D eigenvalue weighted by molar-refractivity contribution is -0.119. The van der Waals surface area contributed by atoms with Crippen LogP contribution in [0.1, 0.15) is 36.4 Å². The Kier molecular flexibility index (Phi) is 8.51. The number of nitrogens with one attached hydrogen (secondary N) is 2. The zero-order valence-corrected chi connectivity index (χ0v) is 16.9. The first-order valence-corrected chi connectivity index (χ1v) is 9.35. The SMILES string of the molecule is CC(=O)NCc1ccc(-c2nc(NC(=O)CCC(C)N)sc2C)s1.Cl. The number of nitrogens with two attached hydrogens (primary N) is 1. The molecule has 9 heteroatoms. The fourth-order valence-electron chi connectivity index (χ4n) is 2.03. The molecule has 1 atom stereocenters. The van der Waals surface area contributed by atoms with Crippen LogP contribution in [0.3, 0.4) is 0 Å². The summed E-state index contributed by atoms with van der Waals surface area (Å²) < 4.78 is 0. The highest BCUT2D eigenvalue weighted by Crippen LogP contribution is 2.34. The third-order valence-electron chi connectivity index (χ3n) is 3.28. The molecule has 0 saturated heterocycles. The quantitative estimate of drug-likeness (QED) is 0.661. The van der Waals surface area contributed by atoms with Crippen molar-refractivity contribution in [1.29, 1.82) is 0 Å². The third kappa shape index (κ3) is 6.74. The number of aromatic nitrogens is 1. The highest BCUT2D eigenvalue weighted by atomic mass is 35.5. The topological polar surface area (TPSA) is 97.1 Å². The van der Waals surface area contributed by atoms with Gasteiger partial charge in [0.2, 0.25) is 11.8 Å². The molecule has 0 saturated carbocycles. The Balaban J connectivity index is 0.00000312. The van der Waals surface area contributed by atoms with Crippen molar-refractivity contribution in [3.05, 3.63) is 21.9 Å². The molecule has 6 nitrogen and oxygen atoms in total. The van der Waals surface area contributed by atoms with E-state index in [1.165, 1.54) is 18.3 Å². The Hall–Kier alpha value is -1.48. The van der Waals surface area contributed by atoms with E-state index in [2.05, 4.69) is 15.6 Å². The van der Waals surface area contributed by atoms with Gasteiger partial charge in [0.25, 0.3) is 0 Å². The van der Waals surface area contributed by atoms with Gasteiger partial charge in [-0.2, -0.15) is 0 Å².